The van der Waals surface area contributed by atoms with Gasteiger partial charge < -0.3 is 9.30 Å². The number of nitrogens with zero attached hydrogens (tertiary/aromatic N) is 2. The van der Waals surface area contributed by atoms with Crippen molar-refractivity contribution in [3.8, 4) is 0 Å². The summed E-state index contributed by atoms with van der Waals surface area (Å²) in [6.07, 6.45) is 5.80. The minimum absolute atomic E-state index is 0.185. The average Bonchev–Trinajstić information content (AvgIpc) is 3.36. The van der Waals surface area contributed by atoms with Crippen LogP contribution >= 0.6 is 15.9 Å². The van der Waals surface area contributed by atoms with Gasteiger partial charge in [-0.25, -0.2) is 4.39 Å². The van der Waals surface area contributed by atoms with Crippen molar-refractivity contribution in [2.24, 2.45) is 5.92 Å². The maximum atomic E-state index is 15.3. The number of hydrogen-bond donors (Lipinski definition) is 0. The Morgan fingerprint density at radius 3 is 2.79 bits per heavy atom. The Hall–Kier alpha value is -2.57. The number of hydrogen-bond acceptors (Lipinski definition) is 3. The number of benzene rings is 2. The summed E-state index contributed by atoms with van der Waals surface area (Å²) in [7, 11) is 0. The minimum atomic E-state index is -0.201. The molecule has 168 valence electrons. The van der Waals surface area contributed by atoms with Crippen LogP contribution in [-0.2, 0) is 11.2 Å². The van der Waals surface area contributed by atoms with Gasteiger partial charge in [-0.1, -0.05) is 24.3 Å². The first-order valence-electron chi connectivity index (χ1n) is 11.6. The lowest BCUT2D eigenvalue weighted by atomic mass is 9.88. The maximum absolute atomic E-state index is 15.3. The van der Waals surface area contributed by atoms with Gasteiger partial charge in [-0.15, -0.1) is 0 Å². The highest BCUT2D eigenvalue weighted by molar-refractivity contribution is 9.10. The third kappa shape index (κ3) is 3.51. The first-order valence-corrected chi connectivity index (χ1v) is 12.4. The summed E-state index contributed by atoms with van der Waals surface area (Å²) in [5.41, 5.74) is 5.43. The van der Waals surface area contributed by atoms with E-state index in [0.29, 0.717) is 24.3 Å². The summed E-state index contributed by atoms with van der Waals surface area (Å²) in [4.78, 5) is 17.3. The van der Waals surface area contributed by atoms with Crippen LogP contribution in [0.3, 0.4) is 0 Å². The van der Waals surface area contributed by atoms with Crippen LogP contribution in [-0.4, -0.2) is 28.5 Å². The Kier molecular flexibility index (Phi) is 5.30. The molecule has 3 heterocycles. The second-order valence-electron chi connectivity index (χ2n) is 9.13. The number of aromatic nitrogens is 2. The zero-order chi connectivity index (χ0) is 22.5. The predicted molar refractivity (Wildman–Crippen MR) is 130 cm³/mol. The molecule has 1 saturated heterocycles. The number of aryl methyl sites for hydroxylation is 1. The number of fused-ring (bicyclic) bond motifs is 5. The lowest BCUT2D eigenvalue weighted by molar-refractivity contribution is 0.0608. The molecule has 1 aliphatic heterocycles. The molecule has 1 fully saturated rings. The quantitative estimate of drug-likeness (QED) is 0.312. The fraction of sp³-hybridized carbons (Fsp3) is 0.333. The monoisotopic (exact) mass is 506 g/mol. The number of carbonyl (C=O) groups excluding carboxylic acids is 1. The molecular formula is C27H24BrFN2O2. The van der Waals surface area contributed by atoms with Crippen molar-refractivity contribution in [3.63, 3.8) is 0 Å². The largest absolute Gasteiger partial charge is 0.381 e. The van der Waals surface area contributed by atoms with E-state index in [2.05, 4.69) is 26.6 Å². The fourth-order valence-corrected chi connectivity index (χ4v) is 5.99. The second-order valence-corrected chi connectivity index (χ2v) is 10.0. The van der Waals surface area contributed by atoms with Crippen molar-refractivity contribution in [1.29, 1.82) is 0 Å². The zero-order valence-electron chi connectivity index (χ0n) is 18.2. The summed E-state index contributed by atoms with van der Waals surface area (Å²) in [5.74, 6) is 0.426. The van der Waals surface area contributed by atoms with E-state index in [4.69, 9.17) is 9.72 Å². The van der Waals surface area contributed by atoms with Gasteiger partial charge in [0, 0.05) is 46.8 Å². The number of ketones is 1. The van der Waals surface area contributed by atoms with Crippen LogP contribution in [0.5, 0.6) is 0 Å². The van der Waals surface area contributed by atoms with E-state index in [1.807, 2.05) is 24.3 Å². The van der Waals surface area contributed by atoms with Crippen molar-refractivity contribution >= 4 is 43.6 Å². The third-order valence-corrected chi connectivity index (χ3v) is 7.68. The minimum Gasteiger partial charge on any atom is -0.381 e. The highest BCUT2D eigenvalue weighted by Crippen LogP contribution is 2.42. The van der Waals surface area contributed by atoms with Gasteiger partial charge >= 0.3 is 0 Å². The van der Waals surface area contributed by atoms with Crippen LogP contribution in [0.4, 0.5) is 4.39 Å². The van der Waals surface area contributed by atoms with Crippen molar-refractivity contribution in [2.75, 3.05) is 13.2 Å². The molecule has 33 heavy (non-hydrogen) atoms. The maximum Gasteiger partial charge on any atom is 0.163 e. The van der Waals surface area contributed by atoms with E-state index >= 15 is 4.39 Å². The van der Waals surface area contributed by atoms with Crippen molar-refractivity contribution in [1.82, 2.24) is 9.55 Å². The SMILES string of the molecule is O=C1CCc2c1ccc1c3ncc(Br)cc3n(C(CC3CCOCC3)c3ccccc3F)c21. The van der Waals surface area contributed by atoms with Gasteiger partial charge in [0.2, 0.25) is 0 Å². The predicted octanol–water partition coefficient (Wildman–Crippen LogP) is 6.63. The van der Waals surface area contributed by atoms with Crippen LogP contribution in [0.2, 0.25) is 0 Å². The molecule has 4 nitrogen and oxygen atoms in total. The topological polar surface area (TPSA) is 44.1 Å². The Labute approximate surface area is 199 Å². The molecule has 2 aliphatic rings. The molecule has 6 rings (SSSR count). The number of halogens is 2. The number of pyridine rings is 1. The van der Waals surface area contributed by atoms with Crippen LogP contribution in [0, 0.1) is 11.7 Å². The van der Waals surface area contributed by atoms with Crippen molar-refractivity contribution < 1.29 is 13.9 Å². The van der Waals surface area contributed by atoms with Crippen LogP contribution in [0.1, 0.15) is 53.2 Å². The second kappa shape index (κ2) is 8.33. The number of Topliss-reactive ketones (excluding diaryl/α,β-unsaturated/α-hetero) is 1. The van der Waals surface area contributed by atoms with E-state index in [1.54, 1.807) is 18.3 Å². The Morgan fingerprint density at radius 1 is 1.15 bits per heavy atom. The summed E-state index contributed by atoms with van der Waals surface area (Å²) in [5, 5.41) is 1.03. The highest BCUT2D eigenvalue weighted by atomic mass is 79.9. The Bertz CT molecular complexity index is 1390. The number of ether oxygens (including phenoxy) is 1. The van der Waals surface area contributed by atoms with Gasteiger partial charge in [0.25, 0.3) is 0 Å². The molecule has 2 aromatic heterocycles. The first kappa shape index (κ1) is 21.0. The normalized spacial score (nSPS) is 17.7. The van der Waals surface area contributed by atoms with Gasteiger partial charge in [0.05, 0.1) is 22.6 Å². The van der Waals surface area contributed by atoms with E-state index in [9.17, 15) is 4.79 Å². The van der Waals surface area contributed by atoms with Gasteiger partial charge in [-0.2, -0.15) is 0 Å². The van der Waals surface area contributed by atoms with Crippen molar-refractivity contribution in [3.05, 3.63) is 75.6 Å². The van der Waals surface area contributed by atoms with Crippen LogP contribution in [0.15, 0.2) is 53.1 Å². The van der Waals surface area contributed by atoms with Crippen LogP contribution in [0.25, 0.3) is 21.9 Å². The summed E-state index contributed by atoms with van der Waals surface area (Å²) in [6, 6.07) is 12.9. The van der Waals surface area contributed by atoms with E-state index in [1.165, 1.54) is 0 Å². The smallest absolute Gasteiger partial charge is 0.163 e. The zero-order valence-corrected chi connectivity index (χ0v) is 19.8. The molecule has 0 N–H and O–H groups in total. The Balaban J connectivity index is 1.67. The average molecular weight is 507 g/mol. The molecule has 0 radical (unpaired) electrons. The standard InChI is InChI=1S/C27H24BrFN2O2/c28-17-14-24-26(30-15-17)21-6-5-18-19(7-8-25(18)32)27(21)31(24)23(13-16-9-11-33-12-10-16)20-3-1-2-4-22(20)29/h1-6,14-16,23H,7-13H2. The summed E-state index contributed by atoms with van der Waals surface area (Å²) in [6.45, 7) is 1.50. The van der Waals surface area contributed by atoms with E-state index < -0.39 is 0 Å². The van der Waals surface area contributed by atoms with Gasteiger partial charge in [-0.3, -0.25) is 9.78 Å². The van der Waals surface area contributed by atoms with Gasteiger partial charge in [0.15, 0.2) is 5.78 Å². The van der Waals surface area contributed by atoms with Crippen molar-refractivity contribution in [2.45, 2.75) is 38.1 Å². The molecule has 4 aromatic rings. The first-order chi connectivity index (χ1) is 16.1. The molecule has 0 spiro atoms. The number of carbonyl (C=O) groups is 1. The molecule has 1 unspecified atom stereocenters. The molecule has 0 saturated carbocycles. The molecule has 6 heteroatoms. The lowest BCUT2D eigenvalue weighted by Crippen LogP contribution is -2.22. The lowest BCUT2D eigenvalue weighted by Gasteiger charge is -2.29. The van der Waals surface area contributed by atoms with E-state index in [0.717, 1.165) is 70.0 Å². The fourth-order valence-electron chi connectivity index (χ4n) is 5.67. The molecule has 0 amide bonds. The molecule has 2 aromatic carbocycles. The molecule has 1 aliphatic carbocycles. The van der Waals surface area contributed by atoms with Gasteiger partial charge in [-0.05, 0) is 71.3 Å². The summed E-state index contributed by atoms with van der Waals surface area (Å²) >= 11 is 3.59. The van der Waals surface area contributed by atoms with Gasteiger partial charge in [0.1, 0.15) is 5.82 Å². The Morgan fingerprint density at radius 2 is 1.97 bits per heavy atom. The number of rotatable bonds is 4. The molecule has 0 bridgehead atoms. The van der Waals surface area contributed by atoms with E-state index in [-0.39, 0.29) is 17.6 Å². The molecule has 1 atom stereocenters. The highest BCUT2D eigenvalue weighted by Gasteiger charge is 2.31. The summed E-state index contributed by atoms with van der Waals surface area (Å²) < 4.78 is 24.0. The van der Waals surface area contributed by atoms with Crippen LogP contribution < -0.4 is 0 Å². The molecular weight excluding hydrogens is 483 g/mol. The third-order valence-electron chi connectivity index (χ3n) is 7.25.